The van der Waals surface area contributed by atoms with Crippen LogP contribution in [0.5, 0.6) is 5.75 Å². The first kappa shape index (κ1) is 25.8. The van der Waals surface area contributed by atoms with Gasteiger partial charge in [-0.2, -0.15) is 0 Å². The van der Waals surface area contributed by atoms with Gasteiger partial charge in [0.2, 0.25) is 5.75 Å². The number of halogens is 5. The van der Waals surface area contributed by atoms with Gasteiger partial charge in [-0.15, -0.1) is 13.2 Å². The molecule has 0 amide bonds. The highest BCUT2D eigenvalue weighted by Crippen LogP contribution is 2.35. The Morgan fingerprint density at radius 1 is 0.750 bits per heavy atom. The molecule has 1 aliphatic carbocycles. The van der Waals surface area contributed by atoms with E-state index in [1.54, 1.807) is 0 Å². The molecule has 0 heterocycles. The molecule has 36 heavy (non-hydrogen) atoms. The predicted molar refractivity (Wildman–Crippen MR) is 131 cm³/mol. The van der Waals surface area contributed by atoms with E-state index in [1.165, 1.54) is 48.8 Å². The third-order valence-corrected chi connectivity index (χ3v) is 6.36. The fourth-order valence-electron chi connectivity index (χ4n) is 4.60. The molecule has 6 heteroatoms. The summed E-state index contributed by atoms with van der Waals surface area (Å²) in [6, 6.07) is 14.0. The third kappa shape index (κ3) is 6.46. The molecule has 0 saturated heterocycles. The van der Waals surface area contributed by atoms with Crippen molar-refractivity contribution in [3.63, 3.8) is 0 Å². The van der Waals surface area contributed by atoms with Crippen LogP contribution in [0.2, 0.25) is 0 Å². The Morgan fingerprint density at radius 3 is 2.03 bits per heavy atom. The topological polar surface area (TPSA) is 9.23 Å². The lowest BCUT2D eigenvalue weighted by atomic mass is 9.83. The van der Waals surface area contributed by atoms with Gasteiger partial charge in [0.1, 0.15) is 0 Å². The second kappa shape index (κ2) is 11.2. The van der Waals surface area contributed by atoms with Gasteiger partial charge in [0.25, 0.3) is 0 Å². The van der Waals surface area contributed by atoms with E-state index in [0.717, 1.165) is 42.5 Å². The summed E-state index contributed by atoms with van der Waals surface area (Å²) in [6.45, 7) is 2.22. The van der Waals surface area contributed by atoms with Crippen molar-refractivity contribution >= 4 is 0 Å². The molecular formula is C30H27F5O. The quantitative estimate of drug-likeness (QED) is 0.180. The number of unbranched alkanes of at least 4 members (excludes halogenated alkanes) is 4. The molecule has 3 aromatic carbocycles. The molecule has 0 unspecified atom stereocenters. The van der Waals surface area contributed by atoms with Gasteiger partial charge in [-0.05, 0) is 77.8 Å². The van der Waals surface area contributed by atoms with Gasteiger partial charge in [-0.3, -0.25) is 0 Å². The molecule has 188 valence electrons. The Hall–Kier alpha value is -3.33. The summed E-state index contributed by atoms with van der Waals surface area (Å²) in [6.07, 6.45) is 4.02. The second-order valence-electron chi connectivity index (χ2n) is 9.09. The maximum atomic E-state index is 13.9. The summed E-state index contributed by atoms with van der Waals surface area (Å²) in [5.74, 6) is 1.08. The number of alkyl halides is 3. The van der Waals surface area contributed by atoms with Crippen LogP contribution in [-0.2, 0) is 19.3 Å². The zero-order chi connectivity index (χ0) is 25.7. The molecule has 3 aromatic rings. The van der Waals surface area contributed by atoms with E-state index < -0.39 is 23.7 Å². The van der Waals surface area contributed by atoms with Crippen molar-refractivity contribution in [3.05, 3.63) is 88.0 Å². The summed E-state index contributed by atoms with van der Waals surface area (Å²) in [4.78, 5) is 0. The molecule has 0 atom stereocenters. The number of rotatable bonds is 7. The first-order chi connectivity index (χ1) is 17.2. The van der Waals surface area contributed by atoms with Gasteiger partial charge in [0.05, 0.1) is 0 Å². The van der Waals surface area contributed by atoms with E-state index in [0.29, 0.717) is 5.56 Å². The van der Waals surface area contributed by atoms with E-state index in [9.17, 15) is 22.0 Å². The lowest BCUT2D eigenvalue weighted by molar-refractivity contribution is -0.276. The summed E-state index contributed by atoms with van der Waals surface area (Å²) in [5, 5.41) is 0. The average Bonchev–Trinajstić information content (AvgIpc) is 2.84. The molecule has 0 saturated carbocycles. The van der Waals surface area contributed by atoms with Gasteiger partial charge in [-0.25, -0.2) is 8.78 Å². The lowest BCUT2D eigenvalue weighted by Gasteiger charge is -2.21. The van der Waals surface area contributed by atoms with Crippen LogP contribution < -0.4 is 4.74 Å². The van der Waals surface area contributed by atoms with Crippen LogP contribution in [0.1, 0.15) is 66.8 Å². The third-order valence-electron chi connectivity index (χ3n) is 6.36. The number of hydrogen-bond acceptors (Lipinski definition) is 1. The number of benzene rings is 3. The number of fused-ring (bicyclic) bond motifs is 3. The Bertz CT molecular complexity index is 1270. The molecule has 1 nitrogen and oxygen atoms in total. The van der Waals surface area contributed by atoms with Crippen molar-refractivity contribution in [2.24, 2.45) is 0 Å². The normalized spacial score (nSPS) is 12.4. The maximum absolute atomic E-state index is 13.9. The van der Waals surface area contributed by atoms with Crippen molar-refractivity contribution in [3.8, 4) is 28.7 Å². The average molecular weight is 499 g/mol. The van der Waals surface area contributed by atoms with Crippen LogP contribution in [0.15, 0.2) is 48.5 Å². The van der Waals surface area contributed by atoms with Gasteiger partial charge in [0.15, 0.2) is 11.6 Å². The summed E-state index contributed by atoms with van der Waals surface area (Å²) < 4.78 is 68.3. The van der Waals surface area contributed by atoms with E-state index in [-0.39, 0.29) is 5.56 Å². The van der Waals surface area contributed by atoms with E-state index in [1.807, 2.05) is 18.2 Å². The molecule has 4 rings (SSSR count). The van der Waals surface area contributed by atoms with Gasteiger partial charge in [0, 0.05) is 11.1 Å². The minimum Gasteiger partial charge on any atom is -0.399 e. The van der Waals surface area contributed by atoms with Crippen LogP contribution in [0.4, 0.5) is 22.0 Å². The fourth-order valence-corrected chi connectivity index (χ4v) is 4.60. The van der Waals surface area contributed by atoms with Crippen LogP contribution in [0.3, 0.4) is 0 Å². The Balaban J connectivity index is 1.48. The monoisotopic (exact) mass is 498 g/mol. The summed E-state index contributed by atoms with van der Waals surface area (Å²) >= 11 is 0. The molecule has 0 spiro atoms. The molecule has 0 aliphatic heterocycles. The highest BCUT2D eigenvalue weighted by atomic mass is 19.4. The van der Waals surface area contributed by atoms with Crippen LogP contribution in [0, 0.1) is 23.5 Å². The molecule has 0 fully saturated rings. The van der Waals surface area contributed by atoms with Crippen molar-refractivity contribution in [2.75, 3.05) is 0 Å². The SMILES string of the molecule is CCCCCCCc1ccc2c(c1)CCc1cc(C#Cc3cc(F)c(OC(F)(F)F)c(F)c3)ccc1-2. The van der Waals surface area contributed by atoms with Gasteiger partial charge >= 0.3 is 6.36 Å². The highest BCUT2D eigenvalue weighted by molar-refractivity contribution is 5.74. The largest absolute Gasteiger partial charge is 0.573 e. The lowest BCUT2D eigenvalue weighted by Crippen LogP contribution is -2.19. The van der Waals surface area contributed by atoms with Crippen LogP contribution in [-0.4, -0.2) is 6.36 Å². The van der Waals surface area contributed by atoms with Gasteiger partial charge < -0.3 is 4.74 Å². The van der Waals surface area contributed by atoms with E-state index in [2.05, 4.69) is 41.7 Å². The fraction of sp³-hybridized carbons (Fsp3) is 0.333. The Kier molecular flexibility index (Phi) is 7.98. The minimum atomic E-state index is -5.19. The smallest absolute Gasteiger partial charge is 0.399 e. The first-order valence-electron chi connectivity index (χ1n) is 12.3. The Labute approximate surface area is 208 Å². The molecule has 0 aromatic heterocycles. The number of aryl methyl sites for hydroxylation is 3. The summed E-state index contributed by atoms with van der Waals surface area (Å²) in [5.41, 5.74) is 6.83. The first-order valence-corrected chi connectivity index (χ1v) is 12.3. The molecule has 0 radical (unpaired) electrons. The zero-order valence-corrected chi connectivity index (χ0v) is 20.1. The number of ether oxygens (including phenoxy) is 1. The van der Waals surface area contributed by atoms with E-state index >= 15 is 0 Å². The standard InChI is InChI=1S/C30H27F5O/c1-2-3-4-5-6-7-20-10-14-25-23(16-20)12-13-24-17-21(11-15-26(24)25)8-9-22-18-27(31)29(28(32)19-22)36-30(33,34)35/h10-11,14-19H,2-7,12-13H2,1H3. The van der Waals surface area contributed by atoms with Gasteiger partial charge in [-0.1, -0.05) is 68.7 Å². The van der Waals surface area contributed by atoms with Crippen molar-refractivity contribution in [1.29, 1.82) is 0 Å². The van der Waals surface area contributed by atoms with Crippen LogP contribution >= 0.6 is 0 Å². The maximum Gasteiger partial charge on any atom is 0.573 e. The summed E-state index contributed by atoms with van der Waals surface area (Å²) in [7, 11) is 0. The van der Waals surface area contributed by atoms with Crippen molar-refractivity contribution < 1.29 is 26.7 Å². The second-order valence-corrected chi connectivity index (χ2v) is 9.09. The zero-order valence-electron chi connectivity index (χ0n) is 20.1. The minimum absolute atomic E-state index is 0.0789. The predicted octanol–water partition coefficient (Wildman–Crippen LogP) is 8.54. The van der Waals surface area contributed by atoms with E-state index in [4.69, 9.17) is 0 Å². The van der Waals surface area contributed by atoms with Crippen molar-refractivity contribution in [2.45, 2.75) is 64.7 Å². The number of hydrogen-bond donors (Lipinski definition) is 0. The van der Waals surface area contributed by atoms with Crippen molar-refractivity contribution in [1.82, 2.24) is 0 Å². The molecule has 1 aliphatic rings. The molecular weight excluding hydrogens is 471 g/mol. The molecule has 0 bridgehead atoms. The Morgan fingerprint density at radius 2 is 1.36 bits per heavy atom. The molecule has 0 N–H and O–H groups in total. The highest BCUT2D eigenvalue weighted by Gasteiger charge is 2.34. The van der Waals surface area contributed by atoms with Crippen LogP contribution in [0.25, 0.3) is 11.1 Å².